The van der Waals surface area contributed by atoms with E-state index in [1.165, 1.54) is 11.1 Å². The Hall–Kier alpha value is -0.910. The number of hydrogen-bond donors (Lipinski definition) is 2. The van der Waals surface area contributed by atoms with Crippen molar-refractivity contribution >= 4 is 10.0 Å². The summed E-state index contributed by atoms with van der Waals surface area (Å²) in [5.41, 5.74) is 3.64. The Morgan fingerprint density at radius 2 is 2.00 bits per heavy atom. The van der Waals surface area contributed by atoms with Crippen molar-refractivity contribution in [1.82, 2.24) is 10.0 Å². The molecule has 3 rings (SSSR count). The average molecular weight is 266 g/mol. The van der Waals surface area contributed by atoms with E-state index < -0.39 is 10.0 Å². The summed E-state index contributed by atoms with van der Waals surface area (Å²) in [6, 6.07) is 6.18. The van der Waals surface area contributed by atoms with Gasteiger partial charge in [-0.2, -0.15) is 0 Å². The van der Waals surface area contributed by atoms with Crippen molar-refractivity contribution in [2.45, 2.75) is 32.5 Å². The fourth-order valence-corrected chi connectivity index (χ4v) is 3.76. The molecule has 0 bridgehead atoms. The van der Waals surface area contributed by atoms with Crippen LogP contribution in [0, 0.1) is 5.92 Å². The average Bonchev–Trinajstić information content (AvgIpc) is 3.00. The highest BCUT2D eigenvalue weighted by Gasteiger charge is 2.27. The molecule has 2 N–H and O–H groups in total. The van der Waals surface area contributed by atoms with E-state index in [4.69, 9.17) is 0 Å². The third-order valence-corrected chi connectivity index (χ3v) is 5.04. The molecule has 2 aliphatic rings. The zero-order chi connectivity index (χ0) is 12.6. The number of fused-ring (bicyclic) bond motifs is 1. The van der Waals surface area contributed by atoms with Crippen LogP contribution in [0.4, 0.5) is 0 Å². The van der Waals surface area contributed by atoms with Crippen LogP contribution in [-0.2, 0) is 29.7 Å². The molecule has 0 unspecified atom stereocenters. The molecule has 0 radical (unpaired) electrons. The lowest BCUT2D eigenvalue weighted by Gasteiger charge is -2.07. The second-order valence-electron chi connectivity index (χ2n) is 5.25. The molecule has 1 aromatic carbocycles. The fourth-order valence-electron chi connectivity index (χ4n) is 2.31. The summed E-state index contributed by atoms with van der Waals surface area (Å²) >= 11 is 0. The van der Waals surface area contributed by atoms with Gasteiger partial charge in [0.25, 0.3) is 0 Å². The molecule has 98 valence electrons. The molecule has 1 aliphatic carbocycles. The maximum atomic E-state index is 11.8. The van der Waals surface area contributed by atoms with Crippen molar-refractivity contribution in [1.29, 1.82) is 0 Å². The zero-order valence-electron chi connectivity index (χ0n) is 10.3. The molecule has 1 saturated carbocycles. The first-order valence-corrected chi connectivity index (χ1v) is 8.06. The summed E-state index contributed by atoms with van der Waals surface area (Å²) in [5, 5.41) is 3.28. The molecule has 18 heavy (non-hydrogen) atoms. The maximum Gasteiger partial charge on any atom is 0.212 e. The Bertz CT molecular complexity index is 550. The SMILES string of the molecule is O=S(=O)(CC1CC1)NCc1ccc2c(c1)CNC2. The molecule has 4 nitrogen and oxygen atoms in total. The third kappa shape index (κ3) is 2.91. The summed E-state index contributed by atoms with van der Waals surface area (Å²) in [5.74, 6) is 0.686. The fraction of sp³-hybridized carbons (Fsp3) is 0.538. The second-order valence-corrected chi connectivity index (χ2v) is 7.10. The second kappa shape index (κ2) is 4.64. The van der Waals surface area contributed by atoms with Crippen LogP contribution in [0.1, 0.15) is 29.5 Å². The minimum absolute atomic E-state index is 0.291. The minimum Gasteiger partial charge on any atom is -0.309 e. The first-order valence-electron chi connectivity index (χ1n) is 6.41. The van der Waals surface area contributed by atoms with E-state index in [-0.39, 0.29) is 0 Å². The molecule has 0 amide bonds. The maximum absolute atomic E-state index is 11.8. The molecular formula is C13H18N2O2S. The Kier molecular flexibility index (Phi) is 3.13. The van der Waals surface area contributed by atoms with E-state index in [2.05, 4.69) is 22.2 Å². The summed E-state index contributed by atoms with van der Waals surface area (Å²) in [6.07, 6.45) is 2.12. The van der Waals surface area contributed by atoms with E-state index in [1.54, 1.807) is 0 Å². The van der Waals surface area contributed by atoms with Crippen LogP contribution in [0.15, 0.2) is 18.2 Å². The van der Waals surface area contributed by atoms with Crippen LogP contribution in [0.2, 0.25) is 0 Å². The van der Waals surface area contributed by atoms with Gasteiger partial charge in [-0.05, 0) is 35.4 Å². The Balaban J connectivity index is 1.62. The normalized spacial score (nSPS) is 18.9. The molecule has 1 fully saturated rings. The highest BCUT2D eigenvalue weighted by molar-refractivity contribution is 7.89. The number of rotatable bonds is 5. The molecular weight excluding hydrogens is 248 g/mol. The molecule has 5 heteroatoms. The van der Waals surface area contributed by atoms with Gasteiger partial charge in [0.1, 0.15) is 0 Å². The zero-order valence-corrected chi connectivity index (χ0v) is 11.1. The predicted molar refractivity (Wildman–Crippen MR) is 70.3 cm³/mol. The lowest BCUT2D eigenvalue weighted by atomic mass is 10.1. The highest BCUT2D eigenvalue weighted by Crippen LogP contribution is 2.30. The van der Waals surface area contributed by atoms with Gasteiger partial charge in [0.05, 0.1) is 5.75 Å². The van der Waals surface area contributed by atoms with E-state index in [9.17, 15) is 8.42 Å². The Morgan fingerprint density at radius 1 is 1.22 bits per heavy atom. The van der Waals surface area contributed by atoms with Crippen molar-refractivity contribution in [2.75, 3.05) is 5.75 Å². The standard InChI is InChI=1S/C13H18N2O2S/c16-18(17,9-10-1-2-10)15-6-11-3-4-12-7-14-8-13(12)5-11/h3-5,10,14-15H,1-2,6-9H2. The topological polar surface area (TPSA) is 58.2 Å². The van der Waals surface area contributed by atoms with Crippen LogP contribution in [0.25, 0.3) is 0 Å². The summed E-state index contributed by atoms with van der Waals surface area (Å²) in [4.78, 5) is 0. The van der Waals surface area contributed by atoms with E-state index >= 15 is 0 Å². The number of hydrogen-bond acceptors (Lipinski definition) is 3. The minimum atomic E-state index is -3.10. The summed E-state index contributed by atoms with van der Waals surface area (Å²) < 4.78 is 26.2. The van der Waals surface area contributed by atoms with Crippen molar-refractivity contribution in [3.63, 3.8) is 0 Å². The van der Waals surface area contributed by atoms with Gasteiger partial charge in [-0.3, -0.25) is 0 Å². The third-order valence-electron chi connectivity index (χ3n) is 3.55. The molecule has 1 aliphatic heterocycles. The van der Waals surface area contributed by atoms with Crippen LogP contribution in [0.3, 0.4) is 0 Å². The number of sulfonamides is 1. The quantitative estimate of drug-likeness (QED) is 0.839. The van der Waals surface area contributed by atoms with Gasteiger partial charge in [0.15, 0.2) is 0 Å². The van der Waals surface area contributed by atoms with Crippen molar-refractivity contribution in [3.05, 3.63) is 34.9 Å². The Morgan fingerprint density at radius 3 is 2.78 bits per heavy atom. The van der Waals surface area contributed by atoms with Gasteiger partial charge in [0.2, 0.25) is 10.0 Å². The van der Waals surface area contributed by atoms with Gasteiger partial charge >= 0.3 is 0 Å². The van der Waals surface area contributed by atoms with Gasteiger partial charge in [-0.1, -0.05) is 18.2 Å². The van der Waals surface area contributed by atoms with E-state index in [0.29, 0.717) is 18.2 Å². The van der Waals surface area contributed by atoms with Crippen LogP contribution in [-0.4, -0.2) is 14.2 Å². The van der Waals surface area contributed by atoms with E-state index in [0.717, 1.165) is 31.5 Å². The predicted octanol–water partition coefficient (Wildman–Crippen LogP) is 1.12. The van der Waals surface area contributed by atoms with Crippen LogP contribution < -0.4 is 10.0 Å². The summed E-state index contributed by atoms with van der Waals surface area (Å²) in [6.45, 7) is 2.21. The van der Waals surface area contributed by atoms with Crippen molar-refractivity contribution < 1.29 is 8.42 Å². The highest BCUT2D eigenvalue weighted by atomic mass is 32.2. The lowest BCUT2D eigenvalue weighted by Crippen LogP contribution is -2.26. The Labute approximate surface area is 108 Å². The van der Waals surface area contributed by atoms with E-state index in [1.807, 2.05) is 6.07 Å². The van der Waals surface area contributed by atoms with Crippen LogP contribution >= 0.6 is 0 Å². The van der Waals surface area contributed by atoms with Crippen molar-refractivity contribution in [2.24, 2.45) is 5.92 Å². The molecule has 0 atom stereocenters. The largest absolute Gasteiger partial charge is 0.309 e. The summed E-state index contributed by atoms with van der Waals surface area (Å²) in [7, 11) is -3.10. The smallest absolute Gasteiger partial charge is 0.212 e. The number of benzene rings is 1. The van der Waals surface area contributed by atoms with Crippen molar-refractivity contribution in [3.8, 4) is 0 Å². The van der Waals surface area contributed by atoms with Crippen LogP contribution in [0.5, 0.6) is 0 Å². The number of nitrogens with one attached hydrogen (secondary N) is 2. The van der Waals surface area contributed by atoms with Gasteiger partial charge < -0.3 is 5.32 Å². The van der Waals surface area contributed by atoms with Gasteiger partial charge in [-0.15, -0.1) is 0 Å². The van der Waals surface area contributed by atoms with Gasteiger partial charge in [-0.25, -0.2) is 13.1 Å². The molecule has 0 spiro atoms. The molecule has 0 aromatic heterocycles. The first kappa shape index (κ1) is 12.1. The first-order chi connectivity index (χ1) is 8.62. The molecule has 0 saturated heterocycles. The molecule has 1 aromatic rings. The molecule has 1 heterocycles. The lowest BCUT2D eigenvalue weighted by molar-refractivity contribution is 0.577. The van der Waals surface area contributed by atoms with Gasteiger partial charge in [0, 0.05) is 19.6 Å². The monoisotopic (exact) mass is 266 g/mol.